The van der Waals surface area contributed by atoms with E-state index in [1.54, 1.807) is 12.1 Å². The number of rotatable bonds is 3. The molecule has 90 valence electrons. The Balaban J connectivity index is 2.08. The van der Waals surface area contributed by atoms with E-state index in [0.29, 0.717) is 6.54 Å². The van der Waals surface area contributed by atoms with Gasteiger partial charge in [-0.1, -0.05) is 24.3 Å². The molecule has 1 aromatic carbocycles. The first kappa shape index (κ1) is 11.8. The quantitative estimate of drug-likeness (QED) is 0.701. The summed E-state index contributed by atoms with van der Waals surface area (Å²) >= 11 is 0. The third-order valence-electron chi connectivity index (χ3n) is 2.70. The number of hydrogen-bond acceptors (Lipinski definition) is 4. The fraction of sp³-hybridized carbons (Fsp3) is 0.333. The van der Waals surface area contributed by atoms with Crippen LogP contribution >= 0.6 is 0 Å². The lowest BCUT2D eigenvalue weighted by Gasteiger charge is -2.25. The Labute approximate surface area is 99.0 Å². The zero-order valence-corrected chi connectivity index (χ0v) is 9.35. The van der Waals surface area contributed by atoms with Crippen LogP contribution in [0.3, 0.4) is 0 Å². The van der Waals surface area contributed by atoms with Crippen LogP contribution in [0.25, 0.3) is 0 Å². The number of aliphatic hydroxyl groups is 1. The highest BCUT2D eigenvalue weighted by molar-refractivity contribution is 5.99. The molecule has 0 aliphatic carbocycles. The highest BCUT2D eigenvalue weighted by atomic mass is 16.3. The number of carbonyl (C=O) groups excluding carboxylic acids is 2. The zero-order valence-electron chi connectivity index (χ0n) is 9.35. The molecular formula is C12H14N2O3. The molecule has 1 aromatic rings. The molecule has 0 radical (unpaired) electrons. The van der Waals surface area contributed by atoms with Crippen LogP contribution in [-0.4, -0.2) is 34.9 Å². The maximum atomic E-state index is 11.5. The number of piperazine rings is 1. The molecule has 5 nitrogen and oxygen atoms in total. The molecule has 1 aliphatic rings. The van der Waals surface area contributed by atoms with Crippen molar-refractivity contribution in [3.8, 4) is 0 Å². The highest BCUT2D eigenvalue weighted by Gasteiger charge is 2.25. The Morgan fingerprint density at radius 3 is 2.12 bits per heavy atom. The van der Waals surface area contributed by atoms with Crippen molar-refractivity contribution in [2.24, 2.45) is 0 Å². The summed E-state index contributed by atoms with van der Waals surface area (Å²) in [7, 11) is 0. The average Bonchev–Trinajstić information content (AvgIpc) is 2.35. The Morgan fingerprint density at radius 2 is 1.59 bits per heavy atom. The van der Waals surface area contributed by atoms with Gasteiger partial charge in [-0.3, -0.25) is 19.8 Å². The van der Waals surface area contributed by atoms with Crippen molar-refractivity contribution >= 4 is 11.8 Å². The van der Waals surface area contributed by atoms with Crippen LogP contribution in [0.15, 0.2) is 24.3 Å². The van der Waals surface area contributed by atoms with Gasteiger partial charge in [0, 0.05) is 0 Å². The molecule has 1 aliphatic heterocycles. The fourth-order valence-corrected chi connectivity index (χ4v) is 1.72. The van der Waals surface area contributed by atoms with Crippen molar-refractivity contribution in [1.29, 1.82) is 0 Å². The summed E-state index contributed by atoms with van der Waals surface area (Å²) in [6.07, 6.45) is 0. The van der Waals surface area contributed by atoms with Gasteiger partial charge in [0.25, 0.3) is 0 Å². The first-order chi connectivity index (χ1) is 8.20. The minimum Gasteiger partial charge on any atom is -0.392 e. The Morgan fingerprint density at radius 1 is 1.06 bits per heavy atom. The predicted octanol–water partition coefficient (Wildman–Crippen LogP) is -0.363. The van der Waals surface area contributed by atoms with Gasteiger partial charge in [-0.15, -0.1) is 0 Å². The number of benzene rings is 1. The Hall–Kier alpha value is -1.72. The summed E-state index contributed by atoms with van der Waals surface area (Å²) in [5.41, 5.74) is 1.69. The number of nitrogens with zero attached hydrogens (tertiary/aromatic N) is 1. The van der Waals surface area contributed by atoms with Crippen LogP contribution < -0.4 is 5.32 Å². The minimum absolute atomic E-state index is 0.00816. The molecular weight excluding hydrogens is 220 g/mol. The molecule has 1 fully saturated rings. The third-order valence-corrected chi connectivity index (χ3v) is 2.70. The van der Waals surface area contributed by atoms with Crippen molar-refractivity contribution in [3.05, 3.63) is 35.4 Å². The molecule has 0 atom stereocenters. The SMILES string of the molecule is O=C1CNCC(=O)N1Cc1ccc(CO)cc1. The highest BCUT2D eigenvalue weighted by Crippen LogP contribution is 2.09. The largest absolute Gasteiger partial charge is 0.392 e. The standard InChI is InChI=1S/C12H14N2O3/c15-8-10-3-1-9(2-4-10)7-14-11(16)5-13-6-12(14)17/h1-4,13,15H,5-8H2. The van der Waals surface area contributed by atoms with Crippen LogP contribution in [0.1, 0.15) is 11.1 Å². The lowest BCUT2D eigenvalue weighted by atomic mass is 10.1. The van der Waals surface area contributed by atoms with Gasteiger partial charge < -0.3 is 5.11 Å². The summed E-state index contributed by atoms with van der Waals surface area (Å²) in [5, 5.41) is 11.7. The van der Waals surface area contributed by atoms with Gasteiger partial charge in [-0.2, -0.15) is 0 Å². The molecule has 1 saturated heterocycles. The van der Waals surface area contributed by atoms with Gasteiger partial charge in [0.1, 0.15) is 0 Å². The average molecular weight is 234 g/mol. The molecule has 17 heavy (non-hydrogen) atoms. The maximum Gasteiger partial charge on any atom is 0.243 e. The van der Waals surface area contributed by atoms with Gasteiger partial charge in [0.2, 0.25) is 11.8 Å². The lowest BCUT2D eigenvalue weighted by molar-refractivity contribution is -0.147. The van der Waals surface area contributed by atoms with Gasteiger partial charge in [0.05, 0.1) is 26.2 Å². The fourth-order valence-electron chi connectivity index (χ4n) is 1.72. The van der Waals surface area contributed by atoms with Crippen LogP contribution in [-0.2, 0) is 22.7 Å². The van der Waals surface area contributed by atoms with Gasteiger partial charge in [-0.25, -0.2) is 0 Å². The molecule has 2 rings (SSSR count). The van der Waals surface area contributed by atoms with Crippen LogP contribution in [0.2, 0.25) is 0 Å². The smallest absolute Gasteiger partial charge is 0.243 e. The first-order valence-corrected chi connectivity index (χ1v) is 5.43. The zero-order chi connectivity index (χ0) is 12.3. The lowest BCUT2D eigenvalue weighted by Crippen LogP contribution is -2.51. The summed E-state index contributed by atoms with van der Waals surface area (Å²) < 4.78 is 0. The minimum atomic E-state index is -0.201. The van der Waals surface area contributed by atoms with Crippen molar-refractivity contribution in [1.82, 2.24) is 10.2 Å². The monoisotopic (exact) mass is 234 g/mol. The van der Waals surface area contributed by atoms with E-state index in [1.807, 2.05) is 12.1 Å². The maximum absolute atomic E-state index is 11.5. The molecule has 0 bridgehead atoms. The summed E-state index contributed by atoms with van der Waals surface area (Å²) in [6.45, 7) is 0.706. The van der Waals surface area contributed by atoms with E-state index < -0.39 is 0 Å². The van der Waals surface area contributed by atoms with Gasteiger partial charge in [-0.05, 0) is 11.1 Å². The molecule has 2 amide bonds. The summed E-state index contributed by atoms with van der Waals surface area (Å²) in [4.78, 5) is 24.3. The summed E-state index contributed by atoms with van der Waals surface area (Å²) in [5.74, 6) is -0.403. The third kappa shape index (κ3) is 2.69. The second kappa shape index (κ2) is 5.07. The molecule has 5 heteroatoms. The van der Waals surface area contributed by atoms with Crippen LogP contribution in [0, 0.1) is 0 Å². The second-order valence-corrected chi connectivity index (χ2v) is 3.95. The van der Waals surface area contributed by atoms with E-state index in [4.69, 9.17) is 5.11 Å². The second-order valence-electron chi connectivity index (χ2n) is 3.95. The van der Waals surface area contributed by atoms with Crippen LogP contribution in [0.5, 0.6) is 0 Å². The van der Waals surface area contributed by atoms with E-state index in [0.717, 1.165) is 11.1 Å². The van der Waals surface area contributed by atoms with Crippen molar-refractivity contribution in [2.75, 3.05) is 13.1 Å². The molecule has 0 aromatic heterocycles. The van der Waals surface area contributed by atoms with Crippen molar-refractivity contribution in [3.63, 3.8) is 0 Å². The van der Waals surface area contributed by atoms with E-state index in [9.17, 15) is 9.59 Å². The number of carbonyl (C=O) groups is 2. The van der Waals surface area contributed by atoms with Crippen molar-refractivity contribution in [2.45, 2.75) is 13.2 Å². The molecule has 2 N–H and O–H groups in total. The van der Waals surface area contributed by atoms with Gasteiger partial charge in [0.15, 0.2) is 0 Å². The van der Waals surface area contributed by atoms with E-state index >= 15 is 0 Å². The number of imide groups is 1. The number of amides is 2. The van der Waals surface area contributed by atoms with E-state index in [-0.39, 0.29) is 31.5 Å². The number of nitrogens with one attached hydrogen (secondary N) is 1. The Kier molecular flexibility index (Phi) is 3.51. The van der Waals surface area contributed by atoms with E-state index in [1.165, 1.54) is 4.90 Å². The summed E-state index contributed by atoms with van der Waals surface area (Å²) in [6, 6.07) is 7.20. The predicted molar refractivity (Wildman–Crippen MR) is 60.8 cm³/mol. The molecule has 0 spiro atoms. The molecule has 0 unspecified atom stereocenters. The normalized spacial score (nSPS) is 16.4. The van der Waals surface area contributed by atoms with E-state index in [2.05, 4.69) is 5.32 Å². The number of hydrogen-bond donors (Lipinski definition) is 2. The van der Waals surface area contributed by atoms with Crippen LogP contribution in [0.4, 0.5) is 0 Å². The Bertz CT molecular complexity index is 412. The number of aliphatic hydroxyl groups excluding tert-OH is 1. The molecule has 1 heterocycles. The topological polar surface area (TPSA) is 69.6 Å². The van der Waals surface area contributed by atoms with Gasteiger partial charge >= 0.3 is 0 Å². The molecule has 0 saturated carbocycles. The first-order valence-electron chi connectivity index (χ1n) is 5.43. The van der Waals surface area contributed by atoms with Crippen molar-refractivity contribution < 1.29 is 14.7 Å².